The summed E-state index contributed by atoms with van der Waals surface area (Å²) in [6, 6.07) is 2.53. The highest BCUT2D eigenvalue weighted by Crippen LogP contribution is 2.32. The zero-order chi connectivity index (χ0) is 12.6. The molecule has 4 N–H and O–H groups in total. The Morgan fingerprint density at radius 1 is 1.59 bits per heavy atom. The van der Waals surface area contributed by atoms with Crippen LogP contribution >= 0.6 is 11.3 Å². The lowest BCUT2D eigenvalue weighted by Gasteiger charge is -2.33. The lowest BCUT2D eigenvalue weighted by molar-refractivity contribution is 0.0696. The van der Waals surface area contributed by atoms with E-state index in [-0.39, 0.29) is 18.1 Å². The number of hydrogen-bond donors (Lipinski definition) is 3. The largest absolute Gasteiger partial charge is 0.478 e. The van der Waals surface area contributed by atoms with Crippen molar-refractivity contribution in [1.82, 2.24) is 5.32 Å². The average molecular weight is 254 g/mol. The molecule has 94 valence electrons. The summed E-state index contributed by atoms with van der Waals surface area (Å²) in [6.45, 7) is 3.94. The van der Waals surface area contributed by atoms with Crippen molar-refractivity contribution in [3.63, 3.8) is 0 Å². The van der Waals surface area contributed by atoms with Crippen molar-refractivity contribution in [2.24, 2.45) is 5.73 Å². The second-order valence-electron chi connectivity index (χ2n) is 4.67. The molecule has 4 nitrogen and oxygen atoms in total. The second kappa shape index (κ2) is 4.76. The molecule has 0 radical (unpaired) electrons. The summed E-state index contributed by atoms with van der Waals surface area (Å²) in [5.41, 5.74) is 6.37. The van der Waals surface area contributed by atoms with Crippen LogP contribution in [0.15, 0.2) is 6.07 Å². The summed E-state index contributed by atoms with van der Waals surface area (Å²) in [5, 5.41) is 12.5. The first-order chi connectivity index (χ1) is 7.99. The van der Waals surface area contributed by atoms with Gasteiger partial charge >= 0.3 is 5.97 Å². The second-order valence-corrected chi connectivity index (χ2v) is 5.96. The molecule has 5 heteroatoms. The van der Waals surface area contributed by atoms with Gasteiger partial charge in [-0.2, -0.15) is 0 Å². The minimum atomic E-state index is -0.842. The quantitative estimate of drug-likeness (QED) is 0.753. The standard InChI is InChI=1S/C12H18N2O2S/c1-6-9(13)3-4-10(14-6)11-5-8(12(15)16)7(2)17-11/h5-6,9-10,14H,3-4,13H2,1-2H3,(H,15,16). The first kappa shape index (κ1) is 12.5. The summed E-state index contributed by atoms with van der Waals surface area (Å²) >= 11 is 1.57. The monoisotopic (exact) mass is 254 g/mol. The van der Waals surface area contributed by atoms with Crippen molar-refractivity contribution in [2.75, 3.05) is 0 Å². The summed E-state index contributed by atoms with van der Waals surface area (Å²) in [6.07, 6.45) is 1.96. The molecule has 0 bridgehead atoms. The maximum absolute atomic E-state index is 11.0. The van der Waals surface area contributed by atoms with Crippen LogP contribution in [0.3, 0.4) is 0 Å². The Hall–Kier alpha value is -0.910. The first-order valence-electron chi connectivity index (χ1n) is 5.84. The normalized spacial score (nSPS) is 29.2. The molecule has 0 aliphatic carbocycles. The number of nitrogens with one attached hydrogen (secondary N) is 1. The molecule has 0 aromatic carbocycles. The topological polar surface area (TPSA) is 75.3 Å². The van der Waals surface area contributed by atoms with Gasteiger partial charge in [-0.25, -0.2) is 4.79 Å². The van der Waals surface area contributed by atoms with Gasteiger partial charge in [-0.1, -0.05) is 0 Å². The zero-order valence-electron chi connectivity index (χ0n) is 10.1. The molecule has 2 rings (SSSR count). The van der Waals surface area contributed by atoms with Crippen LogP contribution in [-0.2, 0) is 0 Å². The van der Waals surface area contributed by atoms with Crippen LogP contribution in [0.25, 0.3) is 0 Å². The van der Waals surface area contributed by atoms with Gasteiger partial charge in [-0.3, -0.25) is 0 Å². The first-order valence-corrected chi connectivity index (χ1v) is 6.66. The number of nitrogens with two attached hydrogens (primary N) is 1. The summed E-state index contributed by atoms with van der Waals surface area (Å²) in [4.78, 5) is 13.0. The van der Waals surface area contributed by atoms with Crippen molar-refractivity contribution in [2.45, 2.75) is 44.8 Å². The van der Waals surface area contributed by atoms with E-state index in [2.05, 4.69) is 12.2 Å². The Morgan fingerprint density at radius 2 is 2.29 bits per heavy atom. The van der Waals surface area contributed by atoms with E-state index in [0.29, 0.717) is 5.56 Å². The molecule has 1 fully saturated rings. The predicted molar refractivity (Wildman–Crippen MR) is 68.6 cm³/mol. The van der Waals surface area contributed by atoms with Crippen LogP contribution < -0.4 is 11.1 Å². The summed E-state index contributed by atoms with van der Waals surface area (Å²) < 4.78 is 0. The number of thiophene rings is 1. The van der Waals surface area contributed by atoms with Crippen LogP contribution in [0.5, 0.6) is 0 Å². The number of carboxylic acid groups (broad SMARTS) is 1. The highest BCUT2D eigenvalue weighted by molar-refractivity contribution is 7.12. The molecule has 1 saturated heterocycles. The third-order valence-electron chi connectivity index (χ3n) is 3.41. The number of carboxylic acids is 1. The van der Waals surface area contributed by atoms with E-state index in [1.807, 2.05) is 6.92 Å². The molecule has 1 aromatic heterocycles. The van der Waals surface area contributed by atoms with Gasteiger partial charge in [0.2, 0.25) is 0 Å². The maximum Gasteiger partial charge on any atom is 0.336 e. The molecule has 3 unspecified atom stereocenters. The maximum atomic E-state index is 11.0. The van der Waals surface area contributed by atoms with Crippen molar-refractivity contribution in [3.8, 4) is 0 Å². The SMILES string of the molecule is Cc1sc(C2CCC(N)C(C)N2)cc1C(=O)O. The van der Waals surface area contributed by atoms with E-state index in [1.54, 1.807) is 17.4 Å². The van der Waals surface area contributed by atoms with Gasteiger partial charge < -0.3 is 16.2 Å². The van der Waals surface area contributed by atoms with Crippen molar-refractivity contribution in [1.29, 1.82) is 0 Å². The number of hydrogen-bond acceptors (Lipinski definition) is 4. The van der Waals surface area contributed by atoms with Gasteiger partial charge in [-0.05, 0) is 32.8 Å². The molecule has 1 aromatic rings. The fourth-order valence-corrected chi connectivity index (χ4v) is 3.36. The molecular formula is C12H18N2O2S. The molecule has 0 amide bonds. The minimum Gasteiger partial charge on any atom is -0.478 e. The molecule has 1 aliphatic rings. The van der Waals surface area contributed by atoms with Gasteiger partial charge in [0.05, 0.1) is 5.56 Å². The van der Waals surface area contributed by atoms with Crippen LogP contribution in [-0.4, -0.2) is 23.2 Å². The fraction of sp³-hybridized carbons (Fsp3) is 0.583. The zero-order valence-corrected chi connectivity index (χ0v) is 10.9. The number of piperidine rings is 1. The van der Waals surface area contributed by atoms with E-state index in [0.717, 1.165) is 22.6 Å². The molecule has 1 aliphatic heterocycles. The van der Waals surface area contributed by atoms with Crippen molar-refractivity contribution >= 4 is 17.3 Å². The molecule has 17 heavy (non-hydrogen) atoms. The van der Waals surface area contributed by atoms with E-state index in [4.69, 9.17) is 10.8 Å². The van der Waals surface area contributed by atoms with Gasteiger partial charge in [-0.15, -0.1) is 11.3 Å². The van der Waals surface area contributed by atoms with Crippen molar-refractivity contribution in [3.05, 3.63) is 21.4 Å². The lowest BCUT2D eigenvalue weighted by Crippen LogP contribution is -2.48. The van der Waals surface area contributed by atoms with Crippen LogP contribution in [0.2, 0.25) is 0 Å². The Morgan fingerprint density at radius 3 is 2.82 bits per heavy atom. The lowest BCUT2D eigenvalue weighted by atomic mass is 9.94. The number of carbonyl (C=O) groups is 1. The minimum absolute atomic E-state index is 0.200. The van der Waals surface area contributed by atoms with E-state index in [9.17, 15) is 4.79 Å². The molecule has 0 spiro atoms. The number of rotatable bonds is 2. The summed E-state index contributed by atoms with van der Waals surface area (Å²) in [5.74, 6) is -0.842. The smallest absolute Gasteiger partial charge is 0.336 e. The van der Waals surface area contributed by atoms with E-state index >= 15 is 0 Å². The molecular weight excluding hydrogens is 236 g/mol. The third kappa shape index (κ3) is 2.51. The van der Waals surface area contributed by atoms with Gasteiger partial charge in [0.15, 0.2) is 0 Å². The molecule has 3 atom stereocenters. The predicted octanol–water partition coefficient (Wildman–Crippen LogP) is 1.90. The van der Waals surface area contributed by atoms with Crippen molar-refractivity contribution < 1.29 is 9.90 Å². The van der Waals surface area contributed by atoms with Gasteiger partial charge in [0.25, 0.3) is 0 Å². The van der Waals surface area contributed by atoms with Gasteiger partial charge in [0.1, 0.15) is 0 Å². The highest BCUT2D eigenvalue weighted by atomic mass is 32.1. The van der Waals surface area contributed by atoms with Gasteiger partial charge in [0, 0.05) is 27.9 Å². The van der Waals surface area contributed by atoms with Crippen LogP contribution in [0.4, 0.5) is 0 Å². The molecule has 0 saturated carbocycles. The average Bonchev–Trinajstić information content (AvgIpc) is 2.64. The Bertz CT molecular complexity index is 430. The van der Waals surface area contributed by atoms with E-state index in [1.165, 1.54) is 0 Å². The number of aryl methyl sites for hydroxylation is 1. The Balaban J connectivity index is 2.18. The Kier molecular flexibility index (Phi) is 3.51. The Labute approximate surface area is 105 Å². The molecule has 2 heterocycles. The van der Waals surface area contributed by atoms with Crippen LogP contribution in [0.1, 0.15) is 45.9 Å². The van der Waals surface area contributed by atoms with Crippen LogP contribution in [0, 0.1) is 6.92 Å². The number of aromatic carboxylic acids is 1. The highest BCUT2D eigenvalue weighted by Gasteiger charge is 2.27. The summed E-state index contributed by atoms with van der Waals surface area (Å²) in [7, 11) is 0. The van der Waals surface area contributed by atoms with E-state index < -0.39 is 5.97 Å². The third-order valence-corrected chi connectivity index (χ3v) is 4.57. The fourth-order valence-electron chi connectivity index (χ4n) is 2.25.